The van der Waals surface area contributed by atoms with Gasteiger partial charge < -0.3 is 38.1 Å². The normalized spacial score (nSPS) is 19.5. The molecule has 1 saturated carbocycles. The van der Waals surface area contributed by atoms with Crippen LogP contribution in [-0.4, -0.2) is 98.2 Å². The maximum Gasteiger partial charge on any atom is 0.306 e. The SMILES string of the molecule is CCCCCCCCCCCCCCCCC(=O)OC[C@H](COP(=O)([O-])OCC[N+](C)(C)C)OC(=O)CCC/C=C\C[C@H]1[C@@H](O)CC(=O)[C@@H]1/C=C/[C@@H](O)CCCCC. The molecule has 0 aromatic rings. The Bertz CT molecular complexity index is 1200. The van der Waals surface area contributed by atoms with Gasteiger partial charge in [-0.15, -0.1) is 0 Å². The summed E-state index contributed by atoms with van der Waals surface area (Å²) in [6.07, 6.45) is 27.1. The van der Waals surface area contributed by atoms with Crippen LogP contribution in [0.3, 0.4) is 0 Å². The van der Waals surface area contributed by atoms with Gasteiger partial charge in [0.25, 0.3) is 7.82 Å². The van der Waals surface area contributed by atoms with Crippen molar-refractivity contribution >= 4 is 25.5 Å². The van der Waals surface area contributed by atoms with E-state index < -0.39 is 50.6 Å². The number of quaternary nitrogens is 1. The van der Waals surface area contributed by atoms with E-state index in [0.29, 0.717) is 43.1 Å². The number of ketones is 1. The Balaban J connectivity index is 2.51. The predicted octanol–water partition coefficient (Wildman–Crippen LogP) is 8.70. The number of rotatable bonds is 37. The van der Waals surface area contributed by atoms with Crippen LogP contribution < -0.4 is 4.89 Å². The topological polar surface area (TPSA) is 169 Å². The molecule has 2 N–H and O–H groups in total. The highest BCUT2D eigenvalue weighted by atomic mass is 31.2. The summed E-state index contributed by atoms with van der Waals surface area (Å²) in [5, 5.41) is 20.8. The van der Waals surface area contributed by atoms with Crippen molar-refractivity contribution < 1.29 is 57.1 Å². The zero-order chi connectivity index (χ0) is 43.1. The molecule has 1 fully saturated rings. The third-order valence-corrected chi connectivity index (χ3v) is 11.6. The summed E-state index contributed by atoms with van der Waals surface area (Å²) in [6.45, 7) is 3.81. The highest BCUT2D eigenvalue weighted by Crippen LogP contribution is 2.38. The second kappa shape index (κ2) is 32.8. The first kappa shape index (κ1) is 54.1. The standard InChI is InChI=1S/C45H82NO11P/c1-6-8-10-11-12-13-14-15-16-17-18-19-20-25-29-44(50)54-36-39(37-56-58(52,53)55-34-33-46(3,4)5)57-45(51)30-26-22-21-24-28-40-41(43(49)35-42(40)48)32-31-38(47)27-23-9-7-2/h21,24,31-32,38-42,47-48H,6-20,22-23,25-30,33-37H2,1-5H3/b24-21-,32-31+/t38-,39+,40+,41+,42-/m0/s1. The van der Waals surface area contributed by atoms with E-state index in [9.17, 15) is 34.1 Å². The Hall–Kier alpha value is -1.92. The number of carbonyl (C=O) groups excluding carboxylic acids is 3. The first-order valence-electron chi connectivity index (χ1n) is 22.6. The smallest absolute Gasteiger partial charge is 0.306 e. The molecule has 12 nitrogen and oxygen atoms in total. The fourth-order valence-corrected chi connectivity index (χ4v) is 7.66. The van der Waals surface area contributed by atoms with Gasteiger partial charge in [0.05, 0.1) is 40.0 Å². The molecule has 58 heavy (non-hydrogen) atoms. The van der Waals surface area contributed by atoms with Crippen LogP contribution >= 0.6 is 7.82 Å². The Morgan fingerprint density at radius 3 is 1.98 bits per heavy atom. The number of phosphoric ester groups is 1. The maximum absolute atomic E-state index is 12.8. The average molecular weight is 844 g/mol. The van der Waals surface area contributed by atoms with Gasteiger partial charge in [-0.1, -0.05) is 141 Å². The summed E-state index contributed by atoms with van der Waals surface area (Å²) in [5.74, 6) is -1.79. The third kappa shape index (κ3) is 29.3. The molecule has 1 rings (SSSR count). The lowest BCUT2D eigenvalue weighted by atomic mass is 9.90. The number of Topliss-reactive ketones (excluding diaryl/α,β-unsaturated/α-hetero) is 1. The summed E-state index contributed by atoms with van der Waals surface area (Å²) in [4.78, 5) is 50.3. The van der Waals surface area contributed by atoms with Crippen molar-refractivity contribution in [2.24, 2.45) is 11.8 Å². The van der Waals surface area contributed by atoms with Gasteiger partial charge in [0.15, 0.2) is 6.10 Å². The number of nitrogens with zero attached hydrogens (tertiary/aromatic N) is 1. The minimum Gasteiger partial charge on any atom is -0.756 e. The van der Waals surface area contributed by atoms with E-state index in [1.165, 1.54) is 64.2 Å². The van der Waals surface area contributed by atoms with Crippen molar-refractivity contribution in [2.45, 2.75) is 186 Å². The molecule has 0 amide bonds. The third-order valence-electron chi connectivity index (χ3n) is 10.6. The summed E-state index contributed by atoms with van der Waals surface area (Å²) in [7, 11) is 1.01. The Morgan fingerprint density at radius 2 is 1.38 bits per heavy atom. The van der Waals surface area contributed by atoms with Crippen LogP contribution in [0.2, 0.25) is 0 Å². The monoisotopic (exact) mass is 844 g/mol. The zero-order valence-corrected chi connectivity index (χ0v) is 37.9. The van der Waals surface area contributed by atoms with Crippen molar-refractivity contribution in [3.05, 3.63) is 24.3 Å². The van der Waals surface area contributed by atoms with Gasteiger partial charge in [0.2, 0.25) is 0 Å². The first-order valence-corrected chi connectivity index (χ1v) is 24.1. The second-order valence-corrected chi connectivity index (χ2v) is 18.6. The van der Waals surface area contributed by atoms with Gasteiger partial charge >= 0.3 is 11.9 Å². The molecule has 0 bridgehead atoms. The molecule has 6 atom stereocenters. The fraction of sp³-hybridized carbons (Fsp3) is 0.844. The van der Waals surface area contributed by atoms with E-state index in [-0.39, 0.29) is 44.2 Å². The van der Waals surface area contributed by atoms with Gasteiger partial charge in [0, 0.05) is 31.1 Å². The molecule has 1 unspecified atom stereocenters. The zero-order valence-electron chi connectivity index (χ0n) is 37.0. The van der Waals surface area contributed by atoms with E-state index in [0.717, 1.165) is 38.5 Å². The van der Waals surface area contributed by atoms with Crippen molar-refractivity contribution in [2.75, 3.05) is 47.5 Å². The molecule has 0 aromatic heterocycles. The number of hydrogen-bond donors (Lipinski definition) is 2. The highest BCUT2D eigenvalue weighted by molar-refractivity contribution is 7.45. The summed E-state index contributed by atoms with van der Waals surface area (Å²) < 4.78 is 33.8. The van der Waals surface area contributed by atoms with Crippen LogP contribution in [0.4, 0.5) is 0 Å². The maximum atomic E-state index is 12.8. The molecule has 338 valence electrons. The van der Waals surface area contributed by atoms with Crippen LogP contribution in [0.1, 0.15) is 168 Å². The number of aliphatic hydroxyl groups is 2. The van der Waals surface area contributed by atoms with Crippen LogP contribution in [0.15, 0.2) is 24.3 Å². The number of unbranched alkanes of at least 4 members (excludes halogenated alkanes) is 16. The van der Waals surface area contributed by atoms with E-state index in [2.05, 4.69) is 13.8 Å². The first-order chi connectivity index (χ1) is 27.7. The lowest BCUT2D eigenvalue weighted by Crippen LogP contribution is -2.37. The molecule has 0 spiro atoms. The average Bonchev–Trinajstić information content (AvgIpc) is 3.43. The van der Waals surface area contributed by atoms with Gasteiger partial charge in [-0.05, 0) is 32.1 Å². The van der Waals surface area contributed by atoms with Crippen LogP contribution in [0, 0.1) is 11.8 Å². The molecule has 0 aromatic carbocycles. The van der Waals surface area contributed by atoms with Gasteiger partial charge in [-0.2, -0.15) is 0 Å². The van der Waals surface area contributed by atoms with E-state index in [4.69, 9.17) is 18.5 Å². The predicted molar refractivity (Wildman–Crippen MR) is 228 cm³/mol. The molecule has 0 radical (unpaired) electrons. The second-order valence-electron chi connectivity index (χ2n) is 17.2. The number of phosphoric acid groups is 1. The molecular formula is C45H82NO11P. The fourth-order valence-electron chi connectivity index (χ4n) is 6.93. The van der Waals surface area contributed by atoms with E-state index >= 15 is 0 Å². The summed E-state index contributed by atoms with van der Waals surface area (Å²) in [5.41, 5.74) is 0. The Morgan fingerprint density at radius 1 is 0.810 bits per heavy atom. The number of ether oxygens (including phenoxy) is 2. The summed E-state index contributed by atoms with van der Waals surface area (Å²) in [6, 6.07) is 0. The van der Waals surface area contributed by atoms with Gasteiger partial charge in [-0.25, -0.2) is 0 Å². The molecule has 0 saturated heterocycles. The van der Waals surface area contributed by atoms with E-state index in [1.807, 2.05) is 33.3 Å². The molecule has 1 aliphatic rings. The van der Waals surface area contributed by atoms with Crippen LogP contribution in [0.25, 0.3) is 0 Å². The largest absolute Gasteiger partial charge is 0.756 e. The number of hydrogen-bond acceptors (Lipinski definition) is 11. The minimum absolute atomic E-state index is 0.0336. The Kier molecular flexibility index (Phi) is 30.6. The van der Waals surface area contributed by atoms with Gasteiger partial charge in [0.1, 0.15) is 25.5 Å². The molecule has 0 aliphatic heterocycles. The van der Waals surface area contributed by atoms with Gasteiger partial charge in [-0.3, -0.25) is 18.9 Å². The van der Waals surface area contributed by atoms with Crippen molar-refractivity contribution in [3.8, 4) is 0 Å². The highest BCUT2D eigenvalue weighted by Gasteiger charge is 2.39. The quantitative estimate of drug-likeness (QED) is 0.0202. The number of aliphatic hydroxyl groups excluding tert-OH is 2. The number of likely N-dealkylation sites (N-methyl/N-ethyl adjacent to an activating group) is 1. The summed E-state index contributed by atoms with van der Waals surface area (Å²) >= 11 is 0. The van der Waals surface area contributed by atoms with Crippen LogP contribution in [-0.2, 0) is 37.5 Å². The van der Waals surface area contributed by atoms with Crippen LogP contribution in [0.5, 0.6) is 0 Å². The van der Waals surface area contributed by atoms with Crippen molar-refractivity contribution in [1.29, 1.82) is 0 Å². The lowest BCUT2D eigenvalue weighted by molar-refractivity contribution is -0.870. The van der Waals surface area contributed by atoms with Crippen molar-refractivity contribution in [3.63, 3.8) is 0 Å². The molecular weight excluding hydrogens is 761 g/mol. The molecule has 13 heteroatoms. The number of esters is 2. The number of carbonyl (C=O) groups is 3. The van der Waals surface area contributed by atoms with E-state index in [1.54, 1.807) is 12.2 Å². The minimum atomic E-state index is -4.70. The molecule has 1 aliphatic carbocycles. The number of allylic oxidation sites excluding steroid dienone is 3. The van der Waals surface area contributed by atoms with Crippen molar-refractivity contribution in [1.82, 2.24) is 0 Å². The molecule has 0 heterocycles. The Labute approximate surface area is 351 Å². The lowest BCUT2D eigenvalue weighted by Gasteiger charge is -2.28.